The van der Waals surface area contributed by atoms with E-state index in [2.05, 4.69) is 5.32 Å². The van der Waals surface area contributed by atoms with Gasteiger partial charge >= 0.3 is 6.09 Å². The maximum atomic E-state index is 12.8. The van der Waals surface area contributed by atoms with Crippen LogP contribution in [0.25, 0.3) is 0 Å². The molecular weight excluding hydrogens is 374 g/mol. The average molecular weight is 405 g/mol. The molecule has 0 radical (unpaired) electrons. The second kappa shape index (κ2) is 8.71. The summed E-state index contributed by atoms with van der Waals surface area (Å²) in [6.07, 6.45) is -0.769. The van der Waals surface area contributed by atoms with E-state index in [1.165, 1.54) is 11.8 Å². The fourth-order valence-corrected chi connectivity index (χ4v) is 3.10. The van der Waals surface area contributed by atoms with Gasteiger partial charge in [0, 0.05) is 39.2 Å². The minimum Gasteiger partial charge on any atom is -0.487 e. The lowest BCUT2D eigenvalue weighted by Gasteiger charge is -2.35. The van der Waals surface area contributed by atoms with Crippen LogP contribution in [-0.4, -0.2) is 66.6 Å². The first-order valence-electron chi connectivity index (χ1n) is 9.65. The molecule has 2 rings (SSSR count). The Balaban J connectivity index is 2.27. The molecule has 0 unspecified atom stereocenters. The zero-order chi connectivity index (χ0) is 21.9. The summed E-state index contributed by atoms with van der Waals surface area (Å²) in [5.41, 5.74) is 0.311. The van der Waals surface area contributed by atoms with E-state index in [0.29, 0.717) is 30.1 Å². The van der Waals surface area contributed by atoms with Crippen molar-refractivity contribution in [3.05, 3.63) is 23.8 Å². The van der Waals surface area contributed by atoms with Crippen molar-refractivity contribution in [2.45, 2.75) is 46.3 Å². The number of hydrogen-bond donors (Lipinski definition) is 1. The van der Waals surface area contributed by atoms with Crippen LogP contribution in [0.3, 0.4) is 0 Å². The Bertz CT molecular complexity index is 787. The van der Waals surface area contributed by atoms with E-state index < -0.39 is 11.7 Å². The van der Waals surface area contributed by atoms with Crippen molar-refractivity contribution >= 4 is 23.6 Å². The van der Waals surface area contributed by atoms with Crippen LogP contribution >= 0.6 is 0 Å². The number of rotatable bonds is 3. The normalized spacial score (nSPS) is 19.4. The van der Waals surface area contributed by atoms with Gasteiger partial charge in [-0.05, 0) is 39.0 Å². The first-order valence-corrected chi connectivity index (χ1v) is 9.65. The molecule has 0 saturated carbocycles. The molecule has 29 heavy (non-hydrogen) atoms. The third-order valence-electron chi connectivity index (χ3n) is 4.51. The number of carbonyl (C=O) groups excluding carboxylic acids is 3. The number of ether oxygens (including phenoxy) is 2. The fourth-order valence-electron chi connectivity index (χ4n) is 3.10. The highest BCUT2D eigenvalue weighted by molar-refractivity contribution is 5.99. The van der Waals surface area contributed by atoms with Gasteiger partial charge in [-0.25, -0.2) is 4.79 Å². The molecule has 0 bridgehead atoms. The molecule has 1 N–H and O–H groups in total. The predicted octanol–water partition coefficient (Wildman–Crippen LogP) is 2.98. The van der Waals surface area contributed by atoms with Crippen molar-refractivity contribution in [3.8, 4) is 5.75 Å². The maximum Gasteiger partial charge on any atom is 0.410 e. The lowest BCUT2D eigenvalue weighted by Crippen LogP contribution is -2.47. The highest BCUT2D eigenvalue weighted by Crippen LogP contribution is 2.29. The molecule has 0 spiro atoms. The monoisotopic (exact) mass is 405 g/mol. The quantitative estimate of drug-likeness (QED) is 0.835. The van der Waals surface area contributed by atoms with Gasteiger partial charge in [-0.2, -0.15) is 0 Å². The average Bonchev–Trinajstić information content (AvgIpc) is 2.58. The highest BCUT2D eigenvalue weighted by Gasteiger charge is 2.31. The first kappa shape index (κ1) is 22.5. The second-order valence-corrected chi connectivity index (χ2v) is 8.57. The SMILES string of the molecule is CC(=O)Nc1ccc2c(c1)C(=O)N(C)C[C@@H](C)[C@@H](CN(C)C(=O)OC(C)(C)C)O2. The van der Waals surface area contributed by atoms with Crippen molar-refractivity contribution in [2.75, 3.05) is 32.5 Å². The van der Waals surface area contributed by atoms with Gasteiger partial charge in [-0.15, -0.1) is 0 Å². The molecule has 0 aliphatic carbocycles. The van der Waals surface area contributed by atoms with Crippen LogP contribution in [-0.2, 0) is 9.53 Å². The Morgan fingerprint density at radius 1 is 1.34 bits per heavy atom. The molecule has 0 fully saturated rings. The van der Waals surface area contributed by atoms with Crippen LogP contribution < -0.4 is 10.1 Å². The van der Waals surface area contributed by atoms with Gasteiger partial charge in [0.1, 0.15) is 17.5 Å². The van der Waals surface area contributed by atoms with Crippen LogP contribution in [0.15, 0.2) is 18.2 Å². The lowest BCUT2D eigenvalue weighted by atomic mass is 10.0. The molecule has 3 amide bonds. The van der Waals surface area contributed by atoms with Crippen molar-refractivity contribution in [2.24, 2.45) is 5.92 Å². The molecule has 1 heterocycles. The summed E-state index contributed by atoms with van der Waals surface area (Å²) in [4.78, 5) is 39.6. The number of anilines is 1. The fraction of sp³-hybridized carbons (Fsp3) is 0.571. The van der Waals surface area contributed by atoms with Crippen molar-refractivity contribution in [3.63, 3.8) is 0 Å². The zero-order valence-corrected chi connectivity index (χ0v) is 18.2. The summed E-state index contributed by atoms with van der Waals surface area (Å²) in [5.74, 6) is 0.00287. The Kier molecular flexibility index (Phi) is 6.77. The first-order chi connectivity index (χ1) is 13.4. The molecule has 1 aliphatic rings. The van der Waals surface area contributed by atoms with Gasteiger partial charge in [0.2, 0.25) is 5.91 Å². The number of nitrogens with one attached hydrogen (secondary N) is 1. The van der Waals surface area contributed by atoms with Gasteiger partial charge < -0.3 is 24.6 Å². The summed E-state index contributed by atoms with van der Waals surface area (Å²) in [6.45, 7) is 9.62. The number of hydrogen-bond acceptors (Lipinski definition) is 5. The van der Waals surface area contributed by atoms with E-state index in [-0.39, 0.29) is 23.8 Å². The Hall–Kier alpha value is -2.77. The molecule has 8 heteroatoms. The van der Waals surface area contributed by atoms with E-state index in [9.17, 15) is 14.4 Å². The topological polar surface area (TPSA) is 88.2 Å². The molecule has 1 aromatic rings. The predicted molar refractivity (Wildman–Crippen MR) is 110 cm³/mol. The summed E-state index contributed by atoms with van der Waals surface area (Å²) in [6, 6.07) is 4.97. The van der Waals surface area contributed by atoms with Gasteiger partial charge in [-0.3, -0.25) is 9.59 Å². The van der Waals surface area contributed by atoms with Crippen molar-refractivity contribution in [1.29, 1.82) is 0 Å². The summed E-state index contributed by atoms with van der Waals surface area (Å²) >= 11 is 0. The third kappa shape index (κ3) is 6.10. The van der Waals surface area contributed by atoms with Crippen LogP contribution in [0.5, 0.6) is 5.75 Å². The van der Waals surface area contributed by atoms with Gasteiger partial charge in [0.25, 0.3) is 5.91 Å². The van der Waals surface area contributed by atoms with Crippen LogP contribution in [0.2, 0.25) is 0 Å². The summed E-state index contributed by atoms with van der Waals surface area (Å²) in [7, 11) is 3.40. The van der Waals surface area contributed by atoms with E-state index >= 15 is 0 Å². The van der Waals surface area contributed by atoms with Crippen molar-refractivity contribution < 1.29 is 23.9 Å². The van der Waals surface area contributed by atoms with Crippen molar-refractivity contribution in [1.82, 2.24) is 9.80 Å². The van der Waals surface area contributed by atoms with Gasteiger partial charge in [0.15, 0.2) is 0 Å². The van der Waals surface area contributed by atoms with E-state index in [0.717, 1.165) is 0 Å². The highest BCUT2D eigenvalue weighted by atomic mass is 16.6. The number of benzene rings is 1. The van der Waals surface area contributed by atoms with Crippen LogP contribution in [0.4, 0.5) is 10.5 Å². The summed E-state index contributed by atoms with van der Waals surface area (Å²) < 4.78 is 11.6. The molecule has 0 saturated heterocycles. The smallest absolute Gasteiger partial charge is 0.410 e. The minimum absolute atomic E-state index is 0.0167. The van der Waals surface area contributed by atoms with Crippen LogP contribution in [0.1, 0.15) is 45.0 Å². The number of fused-ring (bicyclic) bond motifs is 1. The van der Waals surface area contributed by atoms with Gasteiger partial charge in [0.05, 0.1) is 12.1 Å². The Morgan fingerprint density at radius 2 is 2.00 bits per heavy atom. The number of nitrogens with zero attached hydrogens (tertiary/aromatic N) is 2. The molecule has 2 atom stereocenters. The molecule has 1 aliphatic heterocycles. The largest absolute Gasteiger partial charge is 0.487 e. The molecule has 0 aromatic heterocycles. The number of carbonyl (C=O) groups is 3. The molecule has 160 valence electrons. The Labute approximate surface area is 172 Å². The zero-order valence-electron chi connectivity index (χ0n) is 18.2. The molecular formula is C21H31N3O5. The van der Waals surface area contributed by atoms with E-state index in [1.54, 1.807) is 37.2 Å². The number of likely N-dealkylation sites (N-methyl/N-ethyl adjacent to an activating group) is 1. The number of amides is 3. The maximum absolute atomic E-state index is 12.8. The lowest BCUT2D eigenvalue weighted by molar-refractivity contribution is -0.114. The van der Waals surface area contributed by atoms with Crippen LogP contribution in [0, 0.1) is 5.92 Å². The second-order valence-electron chi connectivity index (χ2n) is 8.57. The minimum atomic E-state index is -0.585. The van der Waals surface area contributed by atoms with Gasteiger partial charge in [-0.1, -0.05) is 6.92 Å². The summed E-state index contributed by atoms with van der Waals surface area (Å²) in [5, 5.41) is 2.68. The third-order valence-corrected chi connectivity index (χ3v) is 4.51. The van der Waals surface area contributed by atoms with E-state index in [4.69, 9.17) is 9.47 Å². The standard InChI is InChI=1S/C21H31N3O5/c1-13-11-23(6)19(26)16-10-15(22-14(2)25)8-9-17(16)28-18(13)12-24(7)20(27)29-21(3,4)5/h8-10,13,18H,11-12H2,1-7H3,(H,22,25)/t13-,18-/m1/s1. The molecule has 8 nitrogen and oxygen atoms in total. The Morgan fingerprint density at radius 3 is 2.59 bits per heavy atom. The van der Waals surface area contributed by atoms with E-state index in [1.807, 2.05) is 27.7 Å². The molecule has 1 aromatic carbocycles.